The number of hydrogen-bond donors (Lipinski definition) is 1. The minimum atomic E-state index is -1.07. The summed E-state index contributed by atoms with van der Waals surface area (Å²) in [5.41, 5.74) is 7.27. The third-order valence-electron chi connectivity index (χ3n) is 7.21. The van der Waals surface area contributed by atoms with Crippen molar-refractivity contribution in [3.8, 4) is 17.2 Å². The summed E-state index contributed by atoms with van der Waals surface area (Å²) in [5.74, 6) is 1.56. The molecule has 0 spiro atoms. The fourth-order valence-electron chi connectivity index (χ4n) is 5.34. The minimum absolute atomic E-state index is 0.00404. The Morgan fingerprint density at radius 2 is 1.46 bits per heavy atom. The molecule has 180 valence electrons. The van der Waals surface area contributed by atoms with Crippen LogP contribution in [0.1, 0.15) is 29.0 Å². The van der Waals surface area contributed by atoms with Crippen molar-refractivity contribution in [3.63, 3.8) is 0 Å². The lowest BCUT2D eigenvalue weighted by atomic mass is 9.55. The summed E-state index contributed by atoms with van der Waals surface area (Å²) in [5, 5.41) is 12.2. The molecule has 1 saturated heterocycles. The highest BCUT2D eigenvalue weighted by molar-refractivity contribution is 5.79. The molecule has 1 heterocycles. The van der Waals surface area contributed by atoms with E-state index in [1.54, 1.807) is 21.3 Å². The first-order valence-electron chi connectivity index (χ1n) is 11.8. The molecule has 0 aromatic heterocycles. The third-order valence-corrected chi connectivity index (χ3v) is 7.21. The molecule has 0 unspecified atom stereocenters. The van der Waals surface area contributed by atoms with Gasteiger partial charge in [-0.2, -0.15) is 0 Å². The molecule has 5 nitrogen and oxygen atoms in total. The number of hydrogen-bond acceptors (Lipinski definition) is 5. The van der Waals surface area contributed by atoms with Crippen molar-refractivity contribution in [2.24, 2.45) is 5.92 Å². The number of aliphatic hydroxyl groups is 1. The van der Waals surface area contributed by atoms with E-state index in [4.69, 9.17) is 18.9 Å². The molecule has 2 fully saturated rings. The Morgan fingerprint density at radius 1 is 0.886 bits per heavy atom. The quantitative estimate of drug-likeness (QED) is 0.500. The Bertz CT molecular complexity index is 1190. The van der Waals surface area contributed by atoms with Gasteiger partial charge in [0.25, 0.3) is 0 Å². The van der Waals surface area contributed by atoms with E-state index in [1.807, 2.05) is 48.5 Å². The molecule has 3 atom stereocenters. The zero-order valence-electron chi connectivity index (χ0n) is 20.3. The minimum Gasteiger partial charge on any atom is -0.493 e. The predicted octanol–water partition coefficient (Wildman–Crippen LogP) is 5.23. The first-order valence-corrected chi connectivity index (χ1v) is 11.8. The third kappa shape index (κ3) is 4.02. The van der Waals surface area contributed by atoms with Crippen molar-refractivity contribution in [1.82, 2.24) is 0 Å². The second kappa shape index (κ2) is 9.63. The lowest BCUT2D eigenvalue weighted by molar-refractivity contribution is -0.146. The van der Waals surface area contributed by atoms with Crippen molar-refractivity contribution in [2.75, 3.05) is 34.5 Å². The Balaban J connectivity index is 1.66. The summed E-state index contributed by atoms with van der Waals surface area (Å²) >= 11 is 0. The van der Waals surface area contributed by atoms with E-state index in [9.17, 15) is 5.11 Å². The van der Waals surface area contributed by atoms with Crippen LogP contribution in [0.5, 0.6) is 17.2 Å². The van der Waals surface area contributed by atoms with Crippen molar-refractivity contribution in [2.45, 2.75) is 17.9 Å². The molecular formula is C30H30O5. The summed E-state index contributed by atoms with van der Waals surface area (Å²) in [6.45, 7) is 0.853. The number of ether oxygens (including phenoxy) is 4. The normalized spacial score (nSPS) is 22.9. The maximum atomic E-state index is 12.2. The molecule has 1 N–H and O–H groups in total. The molecule has 1 aliphatic carbocycles. The van der Waals surface area contributed by atoms with E-state index < -0.39 is 5.60 Å². The number of fused-ring (bicyclic) bond motifs is 1. The lowest BCUT2D eigenvalue weighted by Gasteiger charge is -2.55. The molecule has 5 heteroatoms. The number of benzene rings is 3. The van der Waals surface area contributed by atoms with Gasteiger partial charge in [-0.1, -0.05) is 60.7 Å². The van der Waals surface area contributed by atoms with Gasteiger partial charge in [0, 0.05) is 23.0 Å². The summed E-state index contributed by atoms with van der Waals surface area (Å²) in [4.78, 5) is 0. The highest BCUT2D eigenvalue weighted by atomic mass is 16.5. The van der Waals surface area contributed by atoms with E-state index >= 15 is 0 Å². The van der Waals surface area contributed by atoms with Gasteiger partial charge in [0.1, 0.15) is 5.60 Å². The summed E-state index contributed by atoms with van der Waals surface area (Å²) in [7, 11) is 4.80. The molecule has 2 aliphatic rings. The smallest absolute Gasteiger partial charge is 0.203 e. The van der Waals surface area contributed by atoms with Crippen LogP contribution in [0.15, 0.2) is 84.1 Å². The van der Waals surface area contributed by atoms with Gasteiger partial charge in [0.05, 0.1) is 34.5 Å². The first kappa shape index (κ1) is 23.3. The van der Waals surface area contributed by atoms with Gasteiger partial charge in [0.2, 0.25) is 5.75 Å². The van der Waals surface area contributed by atoms with Gasteiger partial charge in [-0.05, 0) is 35.2 Å². The van der Waals surface area contributed by atoms with Crippen molar-refractivity contribution in [1.29, 1.82) is 0 Å². The van der Waals surface area contributed by atoms with Gasteiger partial charge in [-0.15, -0.1) is 5.73 Å². The molecule has 1 aliphatic heterocycles. The molecule has 5 rings (SSSR count). The van der Waals surface area contributed by atoms with E-state index in [2.05, 4.69) is 30.0 Å². The Kier molecular flexibility index (Phi) is 6.40. The summed E-state index contributed by atoms with van der Waals surface area (Å²) in [6, 6.07) is 24.2. The Morgan fingerprint density at radius 3 is 1.97 bits per heavy atom. The summed E-state index contributed by atoms with van der Waals surface area (Å²) < 4.78 is 22.6. The highest BCUT2D eigenvalue weighted by Gasteiger charge is 2.59. The molecule has 35 heavy (non-hydrogen) atoms. The number of rotatable bonds is 6. The molecular weight excluding hydrogens is 440 g/mol. The Hall–Kier alpha value is -3.50. The van der Waals surface area contributed by atoms with Crippen LogP contribution >= 0.6 is 0 Å². The fraction of sp³-hybridized carbons (Fsp3) is 0.300. The molecule has 0 bridgehead atoms. The van der Waals surface area contributed by atoms with Crippen LogP contribution in [0.25, 0.3) is 5.57 Å². The maximum Gasteiger partial charge on any atom is 0.203 e. The van der Waals surface area contributed by atoms with Crippen molar-refractivity contribution < 1.29 is 24.1 Å². The van der Waals surface area contributed by atoms with Crippen LogP contribution in [0.2, 0.25) is 0 Å². The van der Waals surface area contributed by atoms with Crippen LogP contribution in [-0.2, 0) is 4.74 Å². The van der Waals surface area contributed by atoms with Gasteiger partial charge in [-0.3, -0.25) is 0 Å². The Labute approximate surface area is 206 Å². The van der Waals surface area contributed by atoms with E-state index in [0.29, 0.717) is 30.5 Å². The monoisotopic (exact) mass is 470 g/mol. The molecule has 3 aromatic carbocycles. The SMILES string of the molecule is COc1cc([C@H]2C[C@H]3COCC(=C=C(c4ccccc4)c4ccccc4)[C@]32O)cc(OC)c1OC. The largest absolute Gasteiger partial charge is 0.493 e. The number of methoxy groups -OCH3 is 3. The lowest BCUT2D eigenvalue weighted by Crippen LogP contribution is -2.60. The van der Waals surface area contributed by atoms with E-state index in [0.717, 1.165) is 34.3 Å². The topological polar surface area (TPSA) is 57.2 Å². The zero-order valence-corrected chi connectivity index (χ0v) is 20.3. The fourth-order valence-corrected chi connectivity index (χ4v) is 5.34. The van der Waals surface area contributed by atoms with E-state index in [1.165, 1.54) is 0 Å². The van der Waals surface area contributed by atoms with Crippen LogP contribution in [0.3, 0.4) is 0 Å². The highest BCUT2D eigenvalue weighted by Crippen LogP contribution is 2.57. The predicted molar refractivity (Wildman–Crippen MR) is 135 cm³/mol. The average molecular weight is 471 g/mol. The van der Waals surface area contributed by atoms with Crippen LogP contribution in [0.4, 0.5) is 0 Å². The van der Waals surface area contributed by atoms with Crippen LogP contribution in [0, 0.1) is 5.92 Å². The average Bonchev–Trinajstić information content (AvgIpc) is 2.91. The van der Waals surface area contributed by atoms with Crippen LogP contribution in [-0.4, -0.2) is 45.3 Å². The zero-order chi connectivity index (χ0) is 24.4. The van der Waals surface area contributed by atoms with Crippen molar-refractivity contribution in [3.05, 3.63) is 101 Å². The van der Waals surface area contributed by atoms with Crippen molar-refractivity contribution >= 4 is 5.57 Å². The maximum absolute atomic E-state index is 12.2. The van der Waals surface area contributed by atoms with Gasteiger partial charge >= 0.3 is 0 Å². The van der Waals surface area contributed by atoms with Gasteiger partial charge in [-0.25, -0.2) is 0 Å². The summed E-state index contributed by atoms with van der Waals surface area (Å²) in [6.07, 6.45) is 0.798. The molecule has 1 saturated carbocycles. The first-order chi connectivity index (χ1) is 17.1. The van der Waals surface area contributed by atoms with Gasteiger partial charge < -0.3 is 24.1 Å². The molecule has 3 aromatic rings. The standard InChI is InChI=1S/C30H30O5/c1-32-27-14-22(15-28(33-2)29(27)34-3)26-17-24-19-35-18-23(30(24,26)31)16-25(20-10-6-4-7-11-20)21-12-8-5-9-13-21/h4-15,24,26,31H,17-19H2,1-3H3/t24-,26+,30-/m0/s1. The van der Waals surface area contributed by atoms with E-state index in [-0.39, 0.29) is 11.8 Å². The molecule has 0 amide bonds. The second-order valence-corrected chi connectivity index (χ2v) is 8.99. The van der Waals surface area contributed by atoms with Crippen LogP contribution < -0.4 is 14.2 Å². The van der Waals surface area contributed by atoms with Gasteiger partial charge in [0.15, 0.2) is 11.5 Å². The second-order valence-electron chi connectivity index (χ2n) is 8.99. The molecule has 0 radical (unpaired) electrons.